The molecule has 0 fully saturated rings. The van der Waals surface area contributed by atoms with Crippen LogP contribution < -0.4 is 16.6 Å². The van der Waals surface area contributed by atoms with Gasteiger partial charge in [-0.2, -0.15) is 0 Å². The van der Waals surface area contributed by atoms with Crippen LogP contribution in [0.3, 0.4) is 0 Å². The van der Waals surface area contributed by atoms with Crippen LogP contribution in [0, 0.1) is 0 Å². The van der Waals surface area contributed by atoms with E-state index in [1.807, 2.05) is 29.6 Å². The molecular formula is C21H22N4O3S. The number of unbranched alkanes of at least 4 members (excludes halogenated alkanes) is 1. The number of aromatic nitrogens is 2. The smallest absolute Gasteiger partial charge is 0.318 e. The van der Waals surface area contributed by atoms with Crippen LogP contribution in [0.1, 0.15) is 25.3 Å². The highest BCUT2D eigenvalue weighted by Gasteiger charge is 2.15. The molecule has 0 saturated carbocycles. The van der Waals surface area contributed by atoms with Crippen LogP contribution in [0.4, 0.5) is 4.79 Å². The highest BCUT2D eigenvalue weighted by Crippen LogP contribution is 2.22. The van der Waals surface area contributed by atoms with Crippen LogP contribution in [0.5, 0.6) is 0 Å². The third-order valence-corrected chi connectivity index (χ3v) is 5.29. The van der Waals surface area contributed by atoms with Gasteiger partial charge in [0.05, 0.1) is 22.3 Å². The number of rotatable bonds is 7. The predicted octanol–water partition coefficient (Wildman–Crippen LogP) is 3.02. The van der Waals surface area contributed by atoms with Crippen molar-refractivity contribution in [2.75, 3.05) is 5.75 Å². The standard InChI is InChI=1S/C21H22N4O3S/c1-2-3-6-14-9-11-15(12-10-14)25-19(27)16-7-4-5-8-17(16)23-21(25)29-13-18(26)24-20(22)28/h4-5,7-12H,2-3,6,13H2,1H3,(H3,22,24,26,28). The summed E-state index contributed by atoms with van der Waals surface area (Å²) in [6, 6.07) is 13.9. The number of imide groups is 1. The van der Waals surface area contributed by atoms with Crippen molar-refractivity contribution >= 4 is 34.6 Å². The molecule has 3 amide bonds. The highest BCUT2D eigenvalue weighted by molar-refractivity contribution is 7.99. The summed E-state index contributed by atoms with van der Waals surface area (Å²) in [4.78, 5) is 40.4. The third kappa shape index (κ3) is 5.03. The van der Waals surface area contributed by atoms with Crippen molar-refractivity contribution in [3.63, 3.8) is 0 Å². The summed E-state index contributed by atoms with van der Waals surface area (Å²) < 4.78 is 1.49. The van der Waals surface area contributed by atoms with Gasteiger partial charge in [-0.3, -0.25) is 19.5 Å². The molecule has 0 aliphatic heterocycles. The fourth-order valence-electron chi connectivity index (χ4n) is 2.93. The van der Waals surface area contributed by atoms with Crippen molar-refractivity contribution in [1.29, 1.82) is 0 Å². The van der Waals surface area contributed by atoms with Crippen molar-refractivity contribution in [3.05, 3.63) is 64.4 Å². The van der Waals surface area contributed by atoms with Gasteiger partial charge >= 0.3 is 6.03 Å². The number of amides is 3. The van der Waals surface area contributed by atoms with Crippen LogP contribution in [0.15, 0.2) is 58.5 Å². The molecule has 7 nitrogen and oxygen atoms in total. The lowest BCUT2D eigenvalue weighted by Crippen LogP contribution is -2.36. The molecule has 0 aliphatic carbocycles. The Morgan fingerprint density at radius 3 is 2.55 bits per heavy atom. The molecule has 3 aromatic rings. The highest BCUT2D eigenvalue weighted by atomic mass is 32.2. The van der Waals surface area contributed by atoms with Crippen molar-refractivity contribution in [2.24, 2.45) is 5.73 Å². The summed E-state index contributed by atoms with van der Waals surface area (Å²) >= 11 is 1.07. The summed E-state index contributed by atoms with van der Waals surface area (Å²) in [5.74, 6) is -0.645. The van der Waals surface area contributed by atoms with Gasteiger partial charge in [0.25, 0.3) is 5.56 Å². The van der Waals surface area contributed by atoms with Gasteiger partial charge in [0.15, 0.2) is 5.16 Å². The molecule has 3 rings (SSSR count). The topological polar surface area (TPSA) is 107 Å². The molecule has 0 unspecified atom stereocenters. The van der Waals surface area contributed by atoms with Crippen molar-refractivity contribution in [3.8, 4) is 5.69 Å². The van der Waals surface area contributed by atoms with E-state index in [4.69, 9.17) is 5.73 Å². The summed E-state index contributed by atoms with van der Waals surface area (Å²) in [7, 11) is 0. The summed E-state index contributed by atoms with van der Waals surface area (Å²) in [6.07, 6.45) is 3.20. The zero-order valence-corrected chi connectivity index (χ0v) is 16.9. The number of nitrogens with two attached hydrogens (primary N) is 1. The number of nitrogens with one attached hydrogen (secondary N) is 1. The molecule has 150 valence electrons. The van der Waals surface area contributed by atoms with E-state index in [2.05, 4.69) is 11.9 Å². The Hall–Kier alpha value is -3.13. The molecule has 0 saturated heterocycles. The summed E-state index contributed by atoms with van der Waals surface area (Å²) in [5, 5.41) is 2.88. The molecule has 1 heterocycles. The molecule has 0 atom stereocenters. The number of thioether (sulfide) groups is 1. The maximum absolute atomic E-state index is 13.2. The second-order valence-electron chi connectivity index (χ2n) is 6.52. The third-order valence-electron chi connectivity index (χ3n) is 4.35. The van der Waals surface area contributed by atoms with Gasteiger partial charge in [-0.25, -0.2) is 9.78 Å². The van der Waals surface area contributed by atoms with E-state index in [0.29, 0.717) is 21.7 Å². The Bertz CT molecular complexity index is 1090. The van der Waals surface area contributed by atoms with E-state index in [9.17, 15) is 14.4 Å². The minimum Gasteiger partial charge on any atom is -0.351 e. The summed E-state index contributed by atoms with van der Waals surface area (Å²) in [5.41, 5.74) is 7.19. The Morgan fingerprint density at radius 1 is 1.14 bits per heavy atom. The number of urea groups is 1. The minimum absolute atomic E-state index is 0.0949. The molecule has 3 N–H and O–H groups in total. The van der Waals surface area contributed by atoms with E-state index < -0.39 is 11.9 Å². The van der Waals surface area contributed by atoms with Gasteiger partial charge in [0.1, 0.15) is 0 Å². The van der Waals surface area contributed by atoms with Gasteiger partial charge in [0.2, 0.25) is 5.91 Å². The number of nitrogens with zero attached hydrogens (tertiary/aromatic N) is 2. The first-order valence-corrected chi connectivity index (χ1v) is 10.3. The molecule has 29 heavy (non-hydrogen) atoms. The molecule has 0 spiro atoms. The van der Waals surface area contributed by atoms with E-state index >= 15 is 0 Å². The second-order valence-corrected chi connectivity index (χ2v) is 7.47. The predicted molar refractivity (Wildman–Crippen MR) is 114 cm³/mol. The molecule has 0 bridgehead atoms. The number of carbonyl (C=O) groups excluding carboxylic acids is 2. The van der Waals surface area contributed by atoms with E-state index in [0.717, 1.165) is 31.0 Å². The Morgan fingerprint density at radius 2 is 1.86 bits per heavy atom. The Labute approximate surface area is 172 Å². The molecule has 0 radical (unpaired) electrons. The molecular weight excluding hydrogens is 388 g/mol. The number of carbonyl (C=O) groups is 2. The first-order valence-electron chi connectivity index (χ1n) is 9.32. The number of aryl methyl sites for hydroxylation is 1. The monoisotopic (exact) mass is 410 g/mol. The van der Waals surface area contributed by atoms with Crippen LogP contribution >= 0.6 is 11.8 Å². The van der Waals surface area contributed by atoms with Crippen LogP contribution in [0.25, 0.3) is 16.6 Å². The number of hydrogen-bond donors (Lipinski definition) is 2. The van der Waals surface area contributed by atoms with E-state index in [1.54, 1.807) is 24.3 Å². The van der Waals surface area contributed by atoms with Crippen molar-refractivity contribution in [2.45, 2.75) is 31.3 Å². The zero-order valence-electron chi connectivity index (χ0n) is 16.1. The van der Waals surface area contributed by atoms with Crippen molar-refractivity contribution in [1.82, 2.24) is 14.9 Å². The van der Waals surface area contributed by atoms with Gasteiger partial charge < -0.3 is 5.73 Å². The summed E-state index contributed by atoms with van der Waals surface area (Å²) in [6.45, 7) is 2.15. The number of benzene rings is 2. The SMILES string of the molecule is CCCCc1ccc(-n2c(SCC(=O)NC(N)=O)nc3ccccc3c2=O)cc1. The maximum Gasteiger partial charge on any atom is 0.318 e. The number of hydrogen-bond acceptors (Lipinski definition) is 5. The molecule has 2 aromatic carbocycles. The lowest BCUT2D eigenvalue weighted by Gasteiger charge is -2.13. The average molecular weight is 410 g/mol. The fourth-order valence-corrected chi connectivity index (χ4v) is 3.75. The van der Waals surface area contributed by atoms with Crippen LogP contribution in [-0.4, -0.2) is 27.2 Å². The molecule has 1 aromatic heterocycles. The molecule has 0 aliphatic rings. The van der Waals surface area contributed by atoms with Gasteiger partial charge in [-0.1, -0.05) is 49.4 Å². The maximum atomic E-state index is 13.2. The Kier molecular flexibility index (Phi) is 6.66. The number of para-hydroxylation sites is 1. The van der Waals surface area contributed by atoms with Crippen LogP contribution in [-0.2, 0) is 11.2 Å². The zero-order chi connectivity index (χ0) is 20.8. The normalized spacial score (nSPS) is 10.8. The minimum atomic E-state index is -0.915. The van der Waals surface area contributed by atoms with Gasteiger partial charge in [-0.05, 0) is 42.7 Å². The lowest BCUT2D eigenvalue weighted by molar-refractivity contribution is -0.117. The van der Waals surface area contributed by atoms with E-state index in [-0.39, 0.29) is 11.3 Å². The lowest BCUT2D eigenvalue weighted by atomic mass is 10.1. The number of fused-ring (bicyclic) bond motifs is 1. The van der Waals surface area contributed by atoms with Crippen molar-refractivity contribution < 1.29 is 9.59 Å². The van der Waals surface area contributed by atoms with Crippen LogP contribution in [0.2, 0.25) is 0 Å². The quantitative estimate of drug-likeness (QED) is 0.460. The average Bonchev–Trinajstić information content (AvgIpc) is 2.71. The molecule has 8 heteroatoms. The number of primary amides is 1. The Balaban J connectivity index is 2.01. The largest absolute Gasteiger partial charge is 0.351 e. The fraction of sp³-hybridized carbons (Fsp3) is 0.238. The first-order chi connectivity index (χ1) is 14.0. The van der Waals surface area contributed by atoms with E-state index in [1.165, 1.54) is 10.1 Å². The first kappa shape index (κ1) is 20.6. The second kappa shape index (κ2) is 9.38. The van der Waals surface area contributed by atoms with Gasteiger partial charge in [0, 0.05) is 0 Å². The van der Waals surface area contributed by atoms with Gasteiger partial charge in [-0.15, -0.1) is 0 Å².